The Labute approximate surface area is 144 Å². The molecule has 0 unspecified atom stereocenters. The Morgan fingerprint density at radius 1 is 0.840 bits per heavy atom. The smallest absolute Gasteiger partial charge is 0.255 e. The van der Waals surface area contributed by atoms with Gasteiger partial charge in [-0.05, 0) is 54.6 Å². The molecule has 5 heteroatoms. The van der Waals surface area contributed by atoms with Gasteiger partial charge in [0.1, 0.15) is 5.75 Å². The average molecular weight is 329 g/mol. The number of hydrogen-bond donors (Lipinski definition) is 1. The highest BCUT2D eigenvalue weighted by atomic mass is 16.5. The zero-order chi connectivity index (χ0) is 17.2. The molecule has 0 aliphatic carbocycles. The van der Waals surface area contributed by atoms with Crippen molar-refractivity contribution < 1.29 is 9.53 Å². The van der Waals surface area contributed by atoms with Gasteiger partial charge in [-0.1, -0.05) is 12.1 Å². The Morgan fingerprint density at radius 2 is 1.48 bits per heavy atom. The van der Waals surface area contributed by atoms with Crippen LogP contribution in [0.5, 0.6) is 5.75 Å². The standard InChI is InChI=1S/C20H15N3O2/c1-25-15-9-7-14(8-10-15)21-20(24)13-6-11-18-19(12-13)23-17-5-3-2-4-16(17)22-18/h2-12H,1H3,(H,21,24). The van der Waals surface area contributed by atoms with Crippen LogP contribution >= 0.6 is 0 Å². The van der Waals surface area contributed by atoms with Crippen LogP contribution in [0.25, 0.3) is 22.1 Å². The normalized spacial score (nSPS) is 10.8. The molecule has 1 heterocycles. The monoisotopic (exact) mass is 329 g/mol. The fourth-order valence-electron chi connectivity index (χ4n) is 2.64. The summed E-state index contributed by atoms with van der Waals surface area (Å²) in [5.74, 6) is 0.549. The van der Waals surface area contributed by atoms with Gasteiger partial charge in [-0.3, -0.25) is 4.79 Å². The summed E-state index contributed by atoms with van der Waals surface area (Å²) in [6, 6.07) is 20.2. The van der Waals surface area contributed by atoms with E-state index < -0.39 is 0 Å². The van der Waals surface area contributed by atoms with Crippen LogP contribution in [0.4, 0.5) is 5.69 Å². The third-order valence-electron chi connectivity index (χ3n) is 3.95. The van der Waals surface area contributed by atoms with Gasteiger partial charge in [0.25, 0.3) is 5.91 Å². The number of amides is 1. The van der Waals surface area contributed by atoms with Crippen LogP contribution in [0.3, 0.4) is 0 Å². The predicted molar refractivity (Wildman–Crippen MR) is 98.0 cm³/mol. The summed E-state index contributed by atoms with van der Waals surface area (Å²) in [6.07, 6.45) is 0. The minimum Gasteiger partial charge on any atom is -0.497 e. The topological polar surface area (TPSA) is 64.1 Å². The highest BCUT2D eigenvalue weighted by Crippen LogP contribution is 2.19. The lowest BCUT2D eigenvalue weighted by Gasteiger charge is -2.07. The summed E-state index contributed by atoms with van der Waals surface area (Å²) < 4.78 is 5.11. The number of para-hydroxylation sites is 2. The van der Waals surface area contributed by atoms with E-state index in [2.05, 4.69) is 15.3 Å². The minimum atomic E-state index is -0.193. The molecule has 1 aromatic heterocycles. The number of rotatable bonds is 3. The molecule has 0 atom stereocenters. The van der Waals surface area contributed by atoms with Crippen LogP contribution < -0.4 is 10.1 Å². The molecule has 5 nitrogen and oxygen atoms in total. The number of benzene rings is 3. The summed E-state index contributed by atoms with van der Waals surface area (Å²) >= 11 is 0. The van der Waals surface area contributed by atoms with Gasteiger partial charge in [-0.25, -0.2) is 9.97 Å². The van der Waals surface area contributed by atoms with Gasteiger partial charge >= 0.3 is 0 Å². The number of aromatic nitrogens is 2. The van der Waals surface area contributed by atoms with Crippen molar-refractivity contribution in [3.8, 4) is 5.75 Å². The van der Waals surface area contributed by atoms with Gasteiger partial charge in [-0.15, -0.1) is 0 Å². The van der Waals surface area contributed by atoms with Crippen molar-refractivity contribution >= 4 is 33.7 Å². The molecule has 3 aromatic carbocycles. The lowest BCUT2D eigenvalue weighted by atomic mass is 10.1. The van der Waals surface area contributed by atoms with Crippen molar-refractivity contribution in [2.24, 2.45) is 0 Å². The lowest BCUT2D eigenvalue weighted by molar-refractivity contribution is 0.102. The fraction of sp³-hybridized carbons (Fsp3) is 0.0500. The van der Waals surface area contributed by atoms with Crippen LogP contribution in [0.2, 0.25) is 0 Å². The third kappa shape index (κ3) is 2.99. The van der Waals surface area contributed by atoms with E-state index in [-0.39, 0.29) is 5.91 Å². The quantitative estimate of drug-likeness (QED) is 0.576. The van der Waals surface area contributed by atoms with Crippen LogP contribution in [-0.2, 0) is 0 Å². The van der Waals surface area contributed by atoms with Crippen LogP contribution in [0.15, 0.2) is 66.7 Å². The zero-order valence-electron chi connectivity index (χ0n) is 13.6. The first-order chi connectivity index (χ1) is 12.2. The Bertz CT molecular complexity index is 1080. The number of carbonyl (C=O) groups excluding carboxylic acids is 1. The molecule has 1 amide bonds. The molecule has 4 rings (SSSR count). The van der Waals surface area contributed by atoms with Gasteiger partial charge in [-0.2, -0.15) is 0 Å². The zero-order valence-corrected chi connectivity index (χ0v) is 13.6. The molecule has 1 N–H and O–H groups in total. The second-order valence-corrected chi connectivity index (χ2v) is 5.60. The van der Waals surface area contributed by atoms with E-state index in [1.807, 2.05) is 30.3 Å². The van der Waals surface area contributed by atoms with Crippen LogP contribution in [0, 0.1) is 0 Å². The van der Waals surface area contributed by atoms with Gasteiger partial charge in [0.2, 0.25) is 0 Å². The maximum Gasteiger partial charge on any atom is 0.255 e. The van der Waals surface area contributed by atoms with Crippen LogP contribution in [0.1, 0.15) is 10.4 Å². The van der Waals surface area contributed by atoms with E-state index in [4.69, 9.17) is 4.74 Å². The number of nitrogens with zero attached hydrogens (tertiary/aromatic N) is 2. The van der Waals surface area contributed by atoms with E-state index in [1.54, 1.807) is 43.5 Å². The molecule has 0 aliphatic heterocycles. The summed E-state index contributed by atoms with van der Waals surface area (Å²) in [5, 5.41) is 2.87. The van der Waals surface area contributed by atoms with Gasteiger partial charge < -0.3 is 10.1 Å². The second kappa shape index (κ2) is 6.20. The third-order valence-corrected chi connectivity index (χ3v) is 3.95. The predicted octanol–water partition coefficient (Wildman–Crippen LogP) is 4.04. The molecule has 4 aromatic rings. The van der Waals surface area contributed by atoms with Crippen LogP contribution in [-0.4, -0.2) is 23.0 Å². The molecular weight excluding hydrogens is 314 g/mol. The highest BCUT2D eigenvalue weighted by molar-refractivity contribution is 6.06. The summed E-state index contributed by atoms with van der Waals surface area (Å²) in [7, 11) is 1.60. The Morgan fingerprint density at radius 3 is 2.16 bits per heavy atom. The summed E-state index contributed by atoms with van der Waals surface area (Å²) in [5.41, 5.74) is 4.34. The van der Waals surface area contributed by atoms with E-state index in [0.29, 0.717) is 16.8 Å². The maximum absolute atomic E-state index is 12.5. The Hall–Kier alpha value is -3.47. The van der Waals surface area contributed by atoms with E-state index >= 15 is 0 Å². The average Bonchev–Trinajstić information content (AvgIpc) is 2.66. The fourth-order valence-corrected chi connectivity index (χ4v) is 2.64. The first kappa shape index (κ1) is 15.1. The van der Waals surface area contributed by atoms with Crippen molar-refractivity contribution in [1.82, 2.24) is 9.97 Å². The number of methoxy groups -OCH3 is 1. The minimum absolute atomic E-state index is 0.193. The molecular formula is C20H15N3O2. The number of anilines is 1. The van der Waals surface area contributed by atoms with E-state index in [9.17, 15) is 4.79 Å². The molecule has 0 bridgehead atoms. The molecule has 0 fully saturated rings. The maximum atomic E-state index is 12.5. The summed E-state index contributed by atoms with van der Waals surface area (Å²) in [4.78, 5) is 21.6. The molecule has 0 radical (unpaired) electrons. The lowest BCUT2D eigenvalue weighted by Crippen LogP contribution is -2.11. The van der Waals surface area contributed by atoms with Gasteiger partial charge in [0.15, 0.2) is 0 Å². The Kier molecular flexibility index (Phi) is 3.74. The second-order valence-electron chi connectivity index (χ2n) is 5.60. The van der Waals surface area contributed by atoms with Crippen molar-refractivity contribution in [3.63, 3.8) is 0 Å². The number of fused-ring (bicyclic) bond motifs is 2. The molecule has 0 spiro atoms. The number of nitrogens with one attached hydrogen (secondary N) is 1. The molecule has 0 saturated heterocycles. The van der Waals surface area contributed by atoms with Crippen molar-refractivity contribution in [2.75, 3.05) is 12.4 Å². The molecule has 0 saturated carbocycles. The first-order valence-electron chi connectivity index (χ1n) is 7.85. The molecule has 25 heavy (non-hydrogen) atoms. The van der Waals surface area contributed by atoms with E-state index in [1.165, 1.54) is 0 Å². The van der Waals surface area contributed by atoms with E-state index in [0.717, 1.165) is 22.3 Å². The highest BCUT2D eigenvalue weighted by Gasteiger charge is 2.09. The number of hydrogen-bond acceptors (Lipinski definition) is 4. The van der Waals surface area contributed by atoms with Gasteiger partial charge in [0, 0.05) is 11.3 Å². The molecule has 122 valence electrons. The number of carbonyl (C=O) groups is 1. The molecule has 0 aliphatic rings. The summed E-state index contributed by atoms with van der Waals surface area (Å²) in [6.45, 7) is 0. The Balaban J connectivity index is 1.65. The number of ether oxygens (including phenoxy) is 1. The van der Waals surface area contributed by atoms with Crippen molar-refractivity contribution in [3.05, 3.63) is 72.3 Å². The van der Waals surface area contributed by atoms with Crippen molar-refractivity contribution in [2.45, 2.75) is 0 Å². The van der Waals surface area contributed by atoms with Gasteiger partial charge in [0.05, 0.1) is 29.2 Å². The first-order valence-corrected chi connectivity index (χ1v) is 7.85. The van der Waals surface area contributed by atoms with Crippen molar-refractivity contribution in [1.29, 1.82) is 0 Å². The SMILES string of the molecule is COc1ccc(NC(=O)c2ccc3nc4ccccc4nc3c2)cc1. The largest absolute Gasteiger partial charge is 0.497 e.